The highest BCUT2D eigenvalue weighted by molar-refractivity contribution is 6.22. The van der Waals surface area contributed by atoms with Gasteiger partial charge in [0.05, 0.1) is 12.8 Å². The zero-order valence-corrected chi connectivity index (χ0v) is 12.5. The number of rotatable bonds is 3. The van der Waals surface area contributed by atoms with E-state index in [9.17, 15) is 4.79 Å². The van der Waals surface area contributed by atoms with Crippen molar-refractivity contribution in [3.8, 4) is 5.75 Å². The Morgan fingerprint density at radius 3 is 2.36 bits per heavy atom. The number of fused-ring (bicyclic) bond motifs is 1. The summed E-state index contributed by atoms with van der Waals surface area (Å²) >= 11 is 0. The van der Waals surface area contributed by atoms with Crippen molar-refractivity contribution in [3.63, 3.8) is 0 Å². The quantitative estimate of drug-likeness (QED) is 0.852. The van der Waals surface area contributed by atoms with Gasteiger partial charge in [-0.2, -0.15) is 0 Å². The third-order valence-electron chi connectivity index (χ3n) is 4.22. The third kappa shape index (κ3) is 2.10. The molecule has 0 unspecified atom stereocenters. The number of hydrogen-bond donors (Lipinski definition) is 0. The third-order valence-corrected chi connectivity index (χ3v) is 4.22. The maximum Gasteiger partial charge on any atom is 0.263 e. The number of hydrogen-bond acceptors (Lipinski definition) is 2. The fourth-order valence-electron chi connectivity index (χ4n) is 2.88. The summed E-state index contributed by atoms with van der Waals surface area (Å²) in [5, 5.41) is 0. The molecule has 2 aromatic rings. The highest BCUT2D eigenvalue weighted by Crippen LogP contribution is 2.41. The standard InChI is InChI=1S/C19H17NO2/c1-22-15-10-8-14(9-11-15)20-18(12-13-6-7-13)16-4-2-3-5-17(16)19(20)21/h2-5,8-13H,6-7H2,1H3/b18-12-. The van der Waals surface area contributed by atoms with Crippen LogP contribution in [0.4, 0.5) is 5.69 Å². The summed E-state index contributed by atoms with van der Waals surface area (Å²) in [4.78, 5) is 14.6. The average molecular weight is 291 g/mol. The lowest BCUT2D eigenvalue weighted by molar-refractivity contribution is 0.101. The van der Waals surface area contributed by atoms with Crippen molar-refractivity contribution in [1.82, 2.24) is 0 Å². The van der Waals surface area contributed by atoms with Crippen molar-refractivity contribution in [2.45, 2.75) is 12.8 Å². The van der Waals surface area contributed by atoms with Crippen molar-refractivity contribution < 1.29 is 9.53 Å². The van der Waals surface area contributed by atoms with E-state index in [0.717, 1.165) is 28.3 Å². The summed E-state index contributed by atoms with van der Waals surface area (Å²) < 4.78 is 5.20. The van der Waals surface area contributed by atoms with Crippen LogP contribution < -0.4 is 9.64 Å². The SMILES string of the molecule is COc1ccc(N2C(=O)c3ccccc3/C2=C/C2CC2)cc1. The van der Waals surface area contributed by atoms with Gasteiger partial charge in [-0.25, -0.2) is 0 Å². The van der Waals surface area contributed by atoms with E-state index in [0.29, 0.717) is 5.92 Å². The first-order valence-corrected chi connectivity index (χ1v) is 7.57. The fraction of sp³-hybridized carbons (Fsp3) is 0.211. The van der Waals surface area contributed by atoms with Gasteiger partial charge in [-0.15, -0.1) is 0 Å². The normalized spacial score (nSPS) is 18.7. The van der Waals surface area contributed by atoms with Gasteiger partial charge in [-0.3, -0.25) is 9.69 Å². The number of methoxy groups -OCH3 is 1. The molecule has 1 heterocycles. The van der Waals surface area contributed by atoms with Gasteiger partial charge >= 0.3 is 0 Å². The van der Waals surface area contributed by atoms with Crippen LogP contribution in [-0.4, -0.2) is 13.0 Å². The van der Waals surface area contributed by atoms with Crippen molar-refractivity contribution in [3.05, 3.63) is 65.7 Å². The zero-order valence-electron chi connectivity index (χ0n) is 12.5. The monoisotopic (exact) mass is 291 g/mol. The maximum absolute atomic E-state index is 12.8. The summed E-state index contributed by atoms with van der Waals surface area (Å²) in [6, 6.07) is 15.5. The predicted octanol–water partition coefficient (Wildman–Crippen LogP) is 4.11. The van der Waals surface area contributed by atoms with Crippen molar-refractivity contribution in [2.24, 2.45) is 5.92 Å². The lowest BCUT2D eigenvalue weighted by atomic mass is 10.1. The largest absolute Gasteiger partial charge is 0.497 e. The molecule has 0 N–H and O–H groups in total. The van der Waals surface area contributed by atoms with Crippen molar-refractivity contribution in [1.29, 1.82) is 0 Å². The minimum Gasteiger partial charge on any atom is -0.497 e. The van der Waals surface area contributed by atoms with E-state index >= 15 is 0 Å². The molecule has 1 aliphatic carbocycles. The lowest BCUT2D eigenvalue weighted by Gasteiger charge is -2.19. The zero-order chi connectivity index (χ0) is 15.1. The Balaban J connectivity index is 1.81. The number of benzene rings is 2. The van der Waals surface area contributed by atoms with E-state index in [4.69, 9.17) is 4.74 Å². The van der Waals surface area contributed by atoms with Gasteiger partial charge in [0.15, 0.2) is 0 Å². The van der Waals surface area contributed by atoms with Crippen LogP contribution in [0.15, 0.2) is 54.6 Å². The highest BCUT2D eigenvalue weighted by Gasteiger charge is 2.34. The first-order chi connectivity index (χ1) is 10.8. The first-order valence-electron chi connectivity index (χ1n) is 7.57. The second-order valence-corrected chi connectivity index (χ2v) is 5.77. The first kappa shape index (κ1) is 13.1. The molecule has 1 amide bonds. The minimum absolute atomic E-state index is 0.0488. The van der Waals surface area contributed by atoms with Gasteiger partial charge in [0.25, 0.3) is 5.91 Å². The van der Waals surface area contributed by atoms with E-state index in [-0.39, 0.29) is 5.91 Å². The van der Waals surface area contributed by atoms with Crippen LogP contribution in [0, 0.1) is 5.92 Å². The molecule has 22 heavy (non-hydrogen) atoms. The van der Waals surface area contributed by atoms with Gasteiger partial charge < -0.3 is 4.74 Å². The number of nitrogens with zero attached hydrogens (tertiary/aromatic N) is 1. The van der Waals surface area contributed by atoms with Crippen LogP contribution in [0.1, 0.15) is 28.8 Å². The Bertz CT molecular complexity index is 757. The second-order valence-electron chi connectivity index (χ2n) is 5.77. The molecule has 3 heteroatoms. The Morgan fingerprint density at radius 2 is 1.73 bits per heavy atom. The Labute approximate surface area is 129 Å². The fourth-order valence-corrected chi connectivity index (χ4v) is 2.88. The van der Waals surface area contributed by atoms with E-state index < -0.39 is 0 Å². The highest BCUT2D eigenvalue weighted by atomic mass is 16.5. The van der Waals surface area contributed by atoms with Crippen LogP contribution in [0.3, 0.4) is 0 Å². The Kier molecular flexibility index (Phi) is 3.00. The second kappa shape index (κ2) is 5.02. The molecule has 110 valence electrons. The molecule has 4 rings (SSSR count). The summed E-state index contributed by atoms with van der Waals surface area (Å²) in [7, 11) is 1.64. The summed E-state index contributed by atoms with van der Waals surface area (Å²) in [6.45, 7) is 0. The summed E-state index contributed by atoms with van der Waals surface area (Å²) in [5.74, 6) is 1.45. The number of ether oxygens (including phenoxy) is 1. The molecule has 1 fully saturated rings. The number of amides is 1. The van der Waals surface area contributed by atoms with E-state index in [1.54, 1.807) is 7.11 Å². The van der Waals surface area contributed by atoms with E-state index in [2.05, 4.69) is 6.08 Å². The smallest absolute Gasteiger partial charge is 0.263 e. The molecule has 0 saturated heterocycles. The molecule has 0 radical (unpaired) electrons. The van der Waals surface area contributed by atoms with Gasteiger partial charge in [0.2, 0.25) is 0 Å². The number of carbonyl (C=O) groups excluding carboxylic acids is 1. The predicted molar refractivity (Wildman–Crippen MR) is 86.9 cm³/mol. The van der Waals surface area contributed by atoms with E-state index in [1.807, 2.05) is 53.4 Å². The van der Waals surface area contributed by atoms with Gasteiger partial charge in [0.1, 0.15) is 5.75 Å². The lowest BCUT2D eigenvalue weighted by Crippen LogP contribution is -2.22. The molecule has 0 bridgehead atoms. The number of anilines is 1. The average Bonchev–Trinajstić information content (AvgIpc) is 3.34. The van der Waals surface area contributed by atoms with Crippen molar-refractivity contribution >= 4 is 17.3 Å². The molecular formula is C19H17NO2. The molecule has 0 spiro atoms. The molecular weight excluding hydrogens is 274 g/mol. The molecule has 3 nitrogen and oxygen atoms in total. The molecule has 2 aliphatic rings. The number of allylic oxidation sites excluding steroid dienone is 1. The molecule has 0 atom stereocenters. The molecule has 0 aromatic heterocycles. The molecule has 2 aromatic carbocycles. The Hall–Kier alpha value is -2.55. The maximum atomic E-state index is 12.8. The summed E-state index contributed by atoms with van der Waals surface area (Å²) in [6.07, 6.45) is 4.68. The minimum atomic E-state index is 0.0488. The van der Waals surface area contributed by atoms with Crippen LogP contribution in [0.25, 0.3) is 5.70 Å². The topological polar surface area (TPSA) is 29.5 Å². The summed E-state index contributed by atoms with van der Waals surface area (Å²) in [5.41, 5.74) is 3.72. The van der Waals surface area contributed by atoms with Crippen LogP contribution in [-0.2, 0) is 0 Å². The molecule has 1 saturated carbocycles. The number of carbonyl (C=O) groups is 1. The van der Waals surface area contributed by atoms with Gasteiger partial charge in [-0.05, 0) is 49.1 Å². The van der Waals surface area contributed by atoms with Crippen LogP contribution in [0.2, 0.25) is 0 Å². The molecule has 1 aliphatic heterocycles. The van der Waals surface area contributed by atoms with Crippen LogP contribution >= 0.6 is 0 Å². The van der Waals surface area contributed by atoms with E-state index in [1.165, 1.54) is 12.8 Å². The van der Waals surface area contributed by atoms with Crippen LogP contribution in [0.5, 0.6) is 5.75 Å². The Morgan fingerprint density at radius 1 is 1.05 bits per heavy atom. The van der Waals surface area contributed by atoms with Gasteiger partial charge in [-0.1, -0.05) is 24.3 Å². The van der Waals surface area contributed by atoms with Gasteiger partial charge in [0, 0.05) is 16.8 Å². The van der Waals surface area contributed by atoms with Crippen molar-refractivity contribution in [2.75, 3.05) is 12.0 Å².